The number of aliphatic imine (C=N–C) groups is 1. The number of nitrogens with zero attached hydrogens (tertiary/aromatic N) is 2. The van der Waals surface area contributed by atoms with Gasteiger partial charge in [0.05, 0.1) is 6.04 Å². The van der Waals surface area contributed by atoms with Gasteiger partial charge in [-0.05, 0) is 109 Å². The van der Waals surface area contributed by atoms with E-state index in [0.29, 0.717) is 23.0 Å². The summed E-state index contributed by atoms with van der Waals surface area (Å²) < 4.78 is 13.2. The van der Waals surface area contributed by atoms with Crippen molar-refractivity contribution in [1.29, 1.82) is 0 Å². The van der Waals surface area contributed by atoms with E-state index in [1.807, 2.05) is 37.3 Å². The summed E-state index contributed by atoms with van der Waals surface area (Å²) in [6.07, 6.45) is 1.86. The minimum atomic E-state index is -0.193. The second-order valence-corrected chi connectivity index (χ2v) is 12.6. The maximum Gasteiger partial charge on any atom is 0.219 e. The van der Waals surface area contributed by atoms with Crippen molar-refractivity contribution < 1.29 is 14.6 Å². The lowest BCUT2D eigenvalue weighted by Gasteiger charge is -2.33. The Morgan fingerprint density at radius 1 is 0.860 bits per heavy atom. The number of ether oxygens (including phenoxy) is 2. The molecule has 1 aliphatic heterocycles. The predicted molar refractivity (Wildman–Crippen MR) is 173 cm³/mol. The molecule has 1 aliphatic carbocycles. The van der Waals surface area contributed by atoms with Gasteiger partial charge in [-0.1, -0.05) is 56.3 Å². The summed E-state index contributed by atoms with van der Waals surface area (Å²) in [6, 6.07) is 28.8. The number of phenolic OH excluding ortho intramolecular Hbond substituents is 1. The Balaban J connectivity index is 1.30. The molecule has 2 atom stereocenters. The van der Waals surface area contributed by atoms with Gasteiger partial charge in [-0.2, -0.15) is 0 Å². The number of phenols is 1. The lowest BCUT2D eigenvalue weighted by Crippen LogP contribution is -2.40. The molecule has 43 heavy (non-hydrogen) atoms. The van der Waals surface area contributed by atoms with Crippen LogP contribution in [0.15, 0.2) is 89.9 Å². The van der Waals surface area contributed by atoms with E-state index in [9.17, 15) is 5.11 Å². The second kappa shape index (κ2) is 10.3. The zero-order chi connectivity index (χ0) is 29.9. The van der Waals surface area contributed by atoms with Crippen molar-refractivity contribution in [2.75, 3.05) is 0 Å². The van der Waals surface area contributed by atoms with E-state index >= 15 is 0 Å². The van der Waals surface area contributed by atoms with E-state index in [0.717, 1.165) is 40.5 Å². The van der Waals surface area contributed by atoms with Gasteiger partial charge in [-0.3, -0.25) is 0 Å². The largest absolute Gasteiger partial charge is 0.506 e. The predicted octanol–water partition coefficient (Wildman–Crippen LogP) is 8.76. The number of fused-ring (bicyclic) bond motifs is 3. The van der Waals surface area contributed by atoms with Crippen LogP contribution in [0.25, 0.3) is 22.0 Å². The first-order valence-corrected chi connectivity index (χ1v) is 15.0. The van der Waals surface area contributed by atoms with Crippen LogP contribution in [0.5, 0.6) is 17.4 Å². The molecule has 1 N–H and O–H groups in total. The van der Waals surface area contributed by atoms with Crippen LogP contribution >= 0.6 is 0 Å². The van der Waals surface area contributed by atoms with Gasteiger partial charge in [0.2, 0.25) is 11.8 Å². The van der Waals surface area contributed by atoms with Gasteiger partial charge >= 0.3 is 0 Å². The molecule has 0 amide bonds. The fourth-order valence-electron chi connectivity index (χ4n) is 6.98. The Morgan fingerprint density at radius 2 is 1.63 bits per heavy atom. The van der Waals surface area contributed by atoms with Crippen molar-refractivity contribution in [3.63, 3.8) is 0 Å². The number of hydrogen-bond acceptors (Lipinski definition) is 5. The summed E-state index contributed by atoms with van der Waals surface area (Å²) in [7, 11) is 0. The Kier molecular flexibility index (Phi) is 6.50. The number of benzene rings is 4. The molecule has 5 heteroatoms. The zero-order valence-corrected chi connectivity index (χ0v) is 25.3. The van der Waals surface area contributed by atoms with Crippen molar-refractivity contribution in [1.82, 2.24) is 4.98 Å². The summed E-state index contributed by atoms with van der Waals surface area (Å²) in [5.41, 5.74) is 9.47. The van der Waals surface area contributed by atoms with Gasteiger partial charge < -0.3 is 14.6 Å². The molecule has 0 fully saturated rings. The van der Waals surface area contributed by atoms with E-state index in [2.05, 4.69) is 81.2 Å². The monoisotopic (exact) mass is 568 g/mol. The first-order chi connectivity index (χ1) is 20.7. The van der Waals surface area contributed by atoms with Gasteiger partial charge in [0.25, 0.3) is 0 Å². The van der Waals surface area contributed by atoms with Crippen LogP contribution in [0.1, 0.15) is 53.6 Å². The van der Waals surface area contributed by atoms with Crippen LogP contribution in [0.2, 0.25) is 0 Å². The maximum atomic E-state index is 10.6. The Labute approximate surface area is 252 Å². The molecule has 0 spiro atoms. The fraction of sp³-hybridized carbons (Fsp3) is 0.263. The van der Waals surface area contributed by atoms with E-state index in [-0.39, 0.29) is 23.3 Å². The van der Waals surface area contributed by atoms with Crippen LogP contribution in [-0.4, -0.2) is 28.1 Å². The summed E-state index contributed by atoms with van der Waals surface area (Å²) in [6.45, 7) is 10.8. The van der Waals surface area contributed by atoms with E-state index in [1.54, 1.807) is 6.07 Å². The highest BCUT2D eigenvalue weighted by molar-refractivity contribution is 5.97. The highest BCUT2D eigenvalue weighted by atomic mass is 16.5. The van der Waals surface area contributed by atoms with Crippen LogP contribution in [0.4, 0.5) is 0 Å². The average molecular weight is 569 g/mol. The summed E-state index contributed by atoms with van der Waals surface area (Å²) in [5.74, 6) is 1.84. The third-order valence-electron chi connectivity index (χ3n) is 9.04. The minimum Gasteiger partial charge on any atom is -0.506 e. The van der Waals surface area contributed by atoms with Crippen LogP contribution in [0, 0.1) is 20.8 Å². The summed E-state index contributed by atoms with van der Waals surface area (Å²) in [5, 5.41) is 11.4. The fourth-order valence-corrected chi connectivity index (χ4v) is 6.98. The molecular weight excluding hydrogens is 532 g/mol. The SMILES string of the molecule is Cc1cc(O)c2nc(Oc3cc(C4=N[C@H]5CCc6ccccc6C(C)(C)[C@H]5O4)cc(-c4c(C)cccc4C)c3)ccc2c1. The zero-order valence-electron chi connectivity index (χ0n) is 25.3. The quantitative estimate of drug-likeness (QED) is 0.235. The lowest BCUT2D eigenvalue weighted by atomic mass is 9.77. The molecule has 0 radical (unpaired) electrons. The Hall–Kier alpha value is -4.64. The molecule has 2 aliphatic rings. The molecule has 0 saturated carbocycles. The Bertz CT molecular complexity index is 1900. The van der Waals surface area contributed by atoms with Gasteiger partial charge in [0.1, 0.15) is 23.1 Å². The Morgan fingerprint density at radius 3 is 2.44 bits per heavy atom. The number of hydrogen-bond donors (Lipinski definition) is 1. The molecule has 0 saturated heterocycles. The first kappa shape index (κ1) is 27.2. The van der Waals surface area contributed by atoms with E-state index in [1.165, 1.54) is 22.3 Å². The molecule has 5 aromatic rings. The highest BCUT2D eigenvalue weighted by Gasteiger charge is 2.46. The second-order valence-electron chi connectivity index (χ2n) is 12.6. The standard InChI is InChI=1S/C38H36N2O3/c1-22-17-26-14-16-33(40-35(26)32(41)18-22)42-29-20-27(34-23(2)9-8-10-24(34)3)19-28(21-29)37-39-31-15-13-25-11-6-7-12-30(25)38(4,5)36(31)43-37/h6-12,14,16-21,31,36,41H,13,15H2,1-5H3/t31-,36-/m0/s1. The lowest BCUT2D eigenvalue weighted by molar-refractivity contribution is 0.116. The van der Waals surface area contributed by atoms with Crippen molar-refractivity contribution in [2.24, 2.45) is 4.99 Å². The highest BCUT2D eigenvalue weighted by Crippen LogP contribution is 2.42. The number of aryl methyl sites for hydroxylation is 4. The molecule has 7 rings (SSSR count). The maximum absolute atomic E-state index is 10.6. The topological polar surface area (TPSA) is 63.9 Å². The van der Waals surface area contributed by atoms with Gasteiger partial charge in [0.15, 0.2) is 0 Å². The summed E-state index contributed by atoms with van der Waals surface area (Å²) >= 11 is 0. The third-order valence-corrected chi connectivity index (χ3v) is 9.04. The van der Waals surface area contributed by atoms with Crippen molar-refractivity contribution in [3.05, 3.63) is 118 Å². The molecule has 1 aromatic heterocycles. The molecule has 5 nitrogen and oxygen atoms in total. The molecule has 2 heterocycles. The third kappa shape index (κ3) is 4.83. The summed E-state index contributed by atoms with van der Waals surface area (Å²) in [4.78, 5) is 9.85. The average Bonchev–Trinajstić information content (AvgIpc) is 3.38. The number of pyridine rings is 1. The van der Waals surface area contributed by atoms with Crippen molar-refractivity contribution in [3.8, 4) is 28.5 Å². The van der Waals surface area contributed by atoms with Crippen LogP contribution in [-0.2, 0) is 16.6 Å². The smallest absolute Gasteiger partial charge is 0.219 e. The minimum absolute atomic E-state index is 0.0621. The van der Waals surface area contributed by atoms with Crippen molar-refractivity contribution in [2.45, 2.75) is 65.0 Å². The number of aromatic hydroxyl groups is 1. The molecule has 0 unspecified atom stereocenters. The van der Waals surface area contributed by atoms with Gasteiger partial charge in [0, 0.05) is 22.4 Å². The molecule has 0 bridgehead atoms. The first-order valence-electron chi connectivity index (χ1n) is 15.0. The van der Waals surface area contributed by atoms with Gasteiger partial charge in [-0.25, -0.2) is 9.98 Å². The normalized spacial score (nSPS) is 18.8. The van der Waals surface area contributed by atoms with E-state index < -0.39 is 0 Å². The molecule has 216 valence electrons. The van der Waals surface area contributed by atoms with Gasteiger partial charge in [-0.15, -0.1) is 0 Å². The van der Waals surface area contributed by atoms with Crippen molar-refractivity contribution >= 4 is 16.8 Å². The molecule has 4 aromatic carbocycles. The van der Waals surface area contributed by atoms with Crippen LogP contribution < -0.4 is 4.74 Å². The van der Waals surface area contributed by atoms with E-state index in [4.69, 9.17) is 14.5 Å². The van der Waals surface area contributed by atoms with Crippen LogP contribution in [0.3, 0.4) is 0 Å². The molecular formula is C38H36N2O3. The number of rotatable bonds is 4. The number of aromatic nitrogens is 1.